The smallest absolute Gasteiger partial charge is 0.159 e. The maximum absolute atomic E-state index is 13.0. The molecule has 0 bridgehead atoms. The zero-order valence-electron chi connectivity index (χ0n) is 9.69. The van der Waals surface area contributed by atoms with Gasteiger partial charge in [-0.2, -0.15) is 0 Å². The first-order valence-electron chi connectivity index (χ1n) is 5.34. The zero-order valence-corrected chi connectivity index (χ0v) is 10.5. The maximum atomic E-state index is 13.0. The SMILES string of the molecule is COc1csc(C(O)Cc2ccc(F)c(F)c2)c1. The first kappa shape index (κ1) is 13.0. The summed E-state index contributed by atoms with van der Waals surface area (Å²) >= 11 is 1.37. The number of methoxy groups -OCH3 is 1. The standard InChI is InChI=1S/C13H12F2O2S/c1-17-9-6-13(18-7-9)12(16)5-8-2-3-10(14)11(15)4-8/h2-4,6-7,12,16H,5H2,1H3. The Kier molecular flexibility index (Phi) is 3.93. The van der Waals surface area contributed by atoms with Gasteiger partial charge in [-0.05, 0) is 23.8 Å². The number of aliphatic hydroxyl groups excluding tert-OH is 1. The Balaban J connectivity index is 2.10. The molecule has 1 aromatic heterocycles. The lowest BCUT2D eigenvalue weighted by atomic mass is 10.1. The number of halogens is 2. The van der Waals surface area contributed by atoms with Crippen LogP contribution < -0.4 is 4.74 Å². The van der Waals surface area contributed by atoms with Crippen LogP contribution >= 0.6 is 11.3 Å². The van der Waals surface area contributed by atoms with Crippen LogP contribution in [-0.2, 0) is 6.42 Å². The van der Waals surface area contributed by atoms with Gasteiger partial charge in [0.1, 0.15) is 5.75 Å². The maximum Gasteiger partial charge on any atom is 0.159 e. The predicted molar refractivity (Wildman–Crippen MR) is 65.9 cm³/mol. The minimum atomic E-state index is -0.900. The first-order chi connectivity index (χ1) is 8.60. The number of aliphatic hydroxyl groups is 1. The van der Waals surface area contributed by atoms with Crippen LogP contribution in [0.5, 0.6) is 5.75 Å². The third-order valence-electron chi connectivity index (χ3n) is 2.57. The summed E-state index contributed by atoms with van der Waals surface area (Å²) in [6.07, 6.45) is -0.510. The fraction of sp³-hybridized carbons (Fsp3) is 0.231. The molecule has 2 nitrogen and oxygen atoms in total. The highest BCUT2D eigenvalue weighted by molar-refractivity contribution is 7.10. The third-order valence-corrected chi connectivity index (χ3v) is 3.59. The number of ether oxygens (including phenoxy) is 1. The summed E-state index contributed by atoms with van der Waals surface area (Å²) in [5, 5.41) is 11.8. The van der Waals surface area contributed by atoms with Gasteiger partial charge in [0.05, 0.1) is 13.2 Å². The average Bonchev–Trinajstić information content (AvgIpc) is 2.82. The molecule has 1 unspecified atom stereocenters. The van der Waals surface area contributed by atoms with E-state index in [1.807, 2.05) is 0 Å². The van der Waals surface area contributed by atoms with Crippen LogP contribution in [0.4, 0.5) is 8.78 Å². The lowest BCUT2D eigenvalue weighted by Crippen LogP contribution is -2.00. The van der Waals surface area contributed by atoms with Crippen LogP contribution in [0.3, 0.4) is 0 Å². The van der Waals surface area contributed by atoms with Gasteiger partial charge < -0.3 is 9.84 Å². The van der Waals surface area contributed by atoms with Gasteiger partial charge in [0.2, 0.25) is 0 Å². The molecule has 0 spiro atoms. The van der Waals surface area contributed by atoms with E-state index in [4.69, 9.17) is 4.74 Å². The van der Waals surface area contributed by atoms with Crippen LogP contribution in [-0.4, -0.2) is 12.2 Å². The van der Waals surface area contributed by atoms with Crippen molar-refractivity contribution in [3.05, 3.63) is 51.7 Å². The summed E-state index contributed by atoms with van der Waals surface area (Å²) in [4.78, 5) is 0.733. The summed E-state index contributed by atoms with van der Waals surface area (Å²) in [6.45, 7) is 0. The van der Waals surface area contributed by atoms with Gasteiger partial charge >= 0.3 is 0 Å². The molecule has 1 N–H and O–H groups in total. The number of rotatable bonds is 4. The number of hydrogen-bond donors (Lipinski definition) is 1. The normalized spacial score (nSPS) is 12.4. The molecule has 5 heteroatoms. The molecule has 1 atom stereocenters. The van der Waals surface area contributed by atoms with Crippen LogP contribution in [0.2, 0.25) is 0 Å². The second-order valence-corrected chi connectivity index (χ2v) is 4.80. The van der Waals surface area contributed by atoms with Crippen LogP contribution in [0.1, 0.15) is 16.5 Å². The molecule has 2 aromatic rings. The second-order valence-electron chi connectivity index (χ2n) is 3.86. The topological polar surface area (TPSA) is 29.5 Å². The zero-order chi connectivity index (χ0) is 13.1. The largest absolute Gasteiger partial charge is 0.496 e. The number of thiophene rings is 1. The Morgan fingerprint density at radius 2 is 2.06 bits per heavy atom. The van der Waals surface area contributed by atoms with Crippen molar-refractivity contribution in [1.82, 2.24) is 0 Å². The molecule has 0 radical (unpaired) electrons. The summed E-state index contributed by atoms with van der Waals surface area (Å²) in [5.74, 6) is -1.10. The van der Waals surface area contributed by atoms with E-state index < -0.39 is 17.7 Å². The Hall–Kier alpha value is -1.46. The monoisotopic (exact) mass is 270 g/mol. The number of benzene rings is 1. The quantitative estimate of drug-likeness (QED) is 0.923. The molecule has 1 heterocycles. The van der Waals surface area contributed by atoms with Gasteiger partial charge in [0, 0.05) is 16.7 Å². The van der Waals surface area contributed by atoms with E-state index in [0.29, 0.717) is 11.3 Å². The third kappa shape index (κ3) is 2.86. The summed E-state index contributed by atoms with van der Waals surface area (Å²) < 4.78 is 30.8. The molecule has 0 aliphatic rings. The van der Waals surface area contributed by atoms with E-state index in [1.165, 1.54) is 17.4 Å². The predicted octanol–water partition coefficient (Wildman–Crippen LogP) is 3.31. The molecule has 0 aliphatic heterocycles. The fourth-order valence-corrected chi connectivity index (χ4v) is 2.45. The van der Waals surface area contributed by atoms with Crippen molar-refractivity contribution >= 4 is 11.3 Å². The van der Waals surface area contributed by atoms with Gasteiger partial charge in [0.25, 0.3) is 0 Å². The molecule has 1 aromatic carbocycles. The Labute approximate surface area is 107 Å². The van der Waals surface area contributed by atoms with Gasteiger partial charge in [0.15, 0.2) is 11.6 Å². The molecular formula is C13H12F2O2S. The molecule has 0 aliphatic carbocycles. The minimum absolute atomic E-state index is 0.237. The van der Waals surface area contributed by atoms with E-state index in [9.17, 15) is 13.9 Å². The molecule has 0 fully saturated rings. The lowest BCUT2D eigenvalue weighted by molar-refractivity contribution is 0.182. The first-order valence-corrected chi connectivity index (χ1v) is 6.22. The Morgan fingerprint density at radius 3 is 2.67 bits per heavy atom. The Bertz CT molecular complexity index is 540. The van der Waals surface area contributed by atoms with E-state index in [2.05, 4.69) is 0 Å². The molecule has 2 rings (SSSR count). The van der Waals surface area contributed by atoms with Gasteiger partial charge in [-0.15, -0.1) is 11.3 Å². The highest BCUT2D eigenvalue weighted by Crippen LogP contribution is 2.29. The fourth-order valence-electron chi connectivity index (χ4n) is 1.61. The highest BCUT2D eigenvalue weighted by Gasteiger charge is 2.13. The molecule has 96 valence electrons. The summed E-state index contributed by atoms with van der Waals surface area (Å²) in [5.41, 5.74) is 0.550. The van der Waals surface area contributed by atoms with Crippen molar-refractivity contribution in [2.24, 2.45) is 0 Å². The van der Waals surface area contributed by atoms with E-state index >= 15 is 0 Å². The lowest BCUT2D eigenvalue weighted by Gasteiger charge is -2.08. The van der Waals surface area contributed by atoms with E-state index in [1.54, 1.807) is 18.6 Å². The summed E-state index contributed by atoms with van der Waals surface area (Å²) in [6, 6.07) is 5.36. The van der Waals surface area contributed by atoms with Gasteiger partial charge in [-0.1, -0.05) is 6.07 Å². The van der Waals surface area contributed by atoms with Gasteiger partial charge in [-0.3, -0.25) is 0 Å². The Morgan fingerprint density at radius 1 is 1.28 bits per heavy atom. The molecular weight excluding hydrogens is 258 g/mol. The minimum Gasteiger partial charge on any atom is -0.496 e. The molecule has 0 amide bonds. The second kappa shape index (κ2) is 5.46. The van der Waals surface area contributed by atoms with Crippen molar-refractivity contribution < 1.29 is 18.6 Å². The van der Waals surface area contributed by atoms with Crippen LogP contribution in [0, 0.1) is 11.6 Å². The van der Waals surface area contributed by atoms with Crippen molar-refractivity contribution in [1.29, 1.82) is 0 Å². The van der Waals surface area contributed by atoms with Crippen molar-refractivity contribution in [2.45, 2.75) is 12.5 Å². The average molecular weight is 270 g/mol. The van der Waals surface area contributed by atoms with Crippen molar-refractivity contribution in [3.63, 3.8) is 0 Å². The summed E-state index contributed by atoms with van der Waals surface area (Å²) in [7, 11) is 1.55. The van der Waals surface area contributed by atoms with E-state index in [0.717, 1.165) is 17.0 Å². The molecule has 0 saturated heterocycles. The molecule has 18 heavy (non-hydrogen) atoms. The van der Waals surface area contributed by atoms with E-state index in [-0.39, 0.29) is 6.42 Å². The molecule has 0 saturated carbocycles. The van der Waals surface area contributed by atoms with Crippen LogP contribution in [0.25, 0.3) is 0 Å². The van der Waals surface area contributed by atoms with Crippen molar-refractivity contribution in [3.8, 4) is 5.75 Å². The number of hydrogen-bond acceptors (Lipinski definition) is 3. The van der Waals surface area contributed by atoms with Gasteiger partial charge in [-0.25, -0.2) is 8.78 Å². The van der Waals surface area contributed by atoms with Crippen LogP contribution in [0.15, 0.2) is 29.6 Å². The van der Waals surface area contributed by atoms with Crippen molar-refractivity contribution in [2.75, 3.05) is 7.11 Å². The highest BCUT2D eigenvalue weighted by atomic mass is 32.1.